The van der Waals surface area contributed by atoms with Crippen LogP contribution in [-0.4, -0.2) is 24.4 Å². The lowest BCUT2D eigenvalue weighted by Gasteiger charge is -2.10. The van der Waals surface area contributed by atoms with Crippen LogP contribution in [-0.2, 0) is 15.3 Å². The number of nitrogens with zero attached hydrogens (tertiary/aromatic N) is 1. The van der Waals surface area contributed by atoms with Crippen LogP contribution in [0.5, 0.6) is 0 Å². The Hall–Kier alpha value is -1.58. The molecule has 102 valence electrons. The minimum absolute atomic E-state index is 0.291. The van der Waals surface area contributed by atoms with Gasteiger partial charge in [-0.15, -0.1) is 0 Å². The molecule has 1 rings (SSSR count). The Labute approximate surface area is 115 Å². The van der Waals surface area contributed by atoms with Crippen molar-refractivity contribution in [1.29, 1.82) is 5.26 Å². The lowest BCUT2D eigenvalue weighted by atomic mass is 10.1. The number of nitriles is 1. The largest absolute Gasteiger partial charge is 0.465 e. The van der Waals surface area contributed by atoms with Crippen molar-refractivity contribution in [1.82, 2.24) is 0 Å². The molecule has 2 N–H and O–H groups in total. The summed E-state index contributed by atoms with van der Waals surface area (Å²) in [5.74, 6) is -0.0485. The number of carbonyl (C=O) groups excluding carboxylic acids is 1. The molecule has 0 saturated carbocycles. The summed E-state index contributed by atoms with van der Waals surface area (Å²) in [4.78, 5) is 11.3. The summed E-state index contributed by atoms with van der Waals surface area (Å²) in [5, 5.41) is 8.90. The molecular formula is C13H15FN2O2S. The van der Waals surface area contributed by atoms with Gasteiger partial charge in [0.25, 0.3) is 0 Å². The van der Waals surface area contributed by atoms with Gasteiger partial charge in [0.2, 0.25) is 0 Å². The number of hydrogen-bond acceptors (Lipinski definition) is 5. The number of ether oxygens (including phenoxy) is 1. The van der Waals surface area contributed by atoms with Crippen LogP contribution < -0.4 is 5.73 Å². The van der Waals surface area contributed by atoms with E-state index in [2.05, 4.69) is 0 Å². The van der Waals surface area contributed by atoms with E-state index in [1.165, 1.54) is 30.0 Å². The summed E-state index contributed by atoms with van der Waals surface area (Å²) in [6.07, 6.45) is 0. The number of thioether (sulfide) groups is 1. The summed E-state index contributed by atoms with van der Waals surface area (Å²) in [6.45, 7) is 2.00. The van der Waals surface area contributed by atoms with Gasteiger partial charge in [0, 0.05) is 11.5 Å². The van der Waals surface area contributed by atoms with Crippen LogP contribution in [0.3, 0.4) is 0 Å². The zero-order valence-electron chi connectivity index (χ0n) is 10.6. The number of carbonyl (C=O) groups is 1. The molecule has 1 atom stereocenters. The number of halogens is 1. The third kappa shape index (κ3) is 4.89. The maximum Gasteiger partial charge on any atom is 0.323 e. The van der Waals surface area contributed by atoms with Crippen LogP contribution in [0.1, 0.15) is 18.1 Å². The molecule has 0 aliphatic heterocycles. The molecule has 0 aliphatic carbocycles. The SMILES string of the molecule is CCOC(=O)C(N)CSCc1cc(F)ccc1C#N. The van der Waals surface area contributed by atoms with E-state index in [9.17, 15) is 9.18 Å². The quantitative estimate of drug-likeness (QED) is 0.805. The summed E-state index contributed by atoms with van der Waals surface area (Å²) >= 11 is 1.36. The van der Waals surface area contributed by atoms with Crippen LogP contribution in [0.15, 0.2) is 18.2 Å². The van der Waals surface area contributed by atoms with Gasteiger partial charge in [-0.05, 0) is 30.7 Å². The highest BCUT2D eigenvalue weighted by atomic mass is 32.2. The summed E-state index contributed by atoms with van der Waals surface area (Å²) in [7, 11) is 0. The fraction of sp³-hybridized carbons (Fsp3) is 0.385. The fourth-order valence-electron chi connectivity index (χ4n) is 1.40. The maximum absolute atomic E-state index is 13.1. The highest BCUT2D eigenvalue weighted by Crippen LogP contribution is 2.18. The second kappa shape index (κ2) is 7.77. The molecule has 19 heavy (non-hydrogen) atoms. The third-order valence-corrected chi connectivity index (χ3v) is 3.44. The maximum atomic E-state index is 13.1. The number of benzene rings is 1. The van der Waals surface area contributed by atoms with Crippen molar-refractivity contribution < 1.29 is 13.9 Å². The molecule has 0 aliphatic rings. The van der Waals surface area contributed by atoms with Gasteiger partial charge in [0.1, 0.15) is 11.9 Å². The zero-order valence-corrected chi connectivity index (χ0v) is 11.4. The van der Waals surface area contributed by atoms with E-state index in [0.29, 0.717) is 29.2 Å². The molecular weight excluding hydrogens is 267 g/mol. The molecule has 0 fully saturated rings. The first kappa shape index (κ1) is 15.5. The minimum Gasteiger partial charge on any atom is -0.465 e. The van der Waals surface area contributed by atoms with Gasteiger partial charge >= 0.3 is 5.97 Å². The molecule has 0 bridgehead atoms. The predicted octanol–water partition coefficient (Wildman–Crippen LogP) is 1.82. The van der Waals surface area contributed by atoms with Gasteiger partial charge in [-0.3, -0.25) is 4.79 Å². The van der Waals surface area contributed by atoms with Gasteiger partial charge in [0.05, 0.1) is 18.2 Å². The van der Waals surface area contributed by atoms with E-state index in [1.807, 2.05) is 6.07 Å². The first-order valence-corrected chi connectivity index (χ1v) is 6.92. The third-order valence-electron chi connectivity index (χ3n) is 2.33. The van der Waals surface area contributed by atoms with E-state index in [-0.39, 0.29) is 5.82 Å². The lowest BCUT2D eigenvalue weighted by molar-refractivity contribution is -0.144. The van der Waals surface area contributed by atoms with Gasteiger partial charge in [-0.2, -0.15) is 17.0 Å². The van der Waals surface area contributed by atoms with Gasteiger partial charge in [0.15, 0.2) is 0 Å². The number of hydrogen-bond donors (Lipinski definition) is 1. The topological polar surface area (TPSA) is 76.1 Å². The van der Waals surface area contributed by atoms with Crippen molar-refractivity contribution >= 4 is 17.7 Å². The van der Waals surface area contributed by atoms with E-state index >= 15 is 0 Å². The molecule has 0 radical (unpaired) electrons. The number of esters is 1. The molecule has 1 unspecified atom stereocenters. The first-order valence-electron chi connectivity index (χ1n) is 5.77. The van der Waals surface area contributed by atoms with Crippen molar-refractivity contribution in [2.45, 2.75) is 18.7 Å². The Kier molecular flexibility index (Phi) is 6.33. The smallest absolute Gasteiger partial charge is 0.323 e. The normalized spacial score (nSPS) is 11.7. The standard InChI is InChI=1S/C13H15FN2O2S/c1-2-18-13(17)12(16)8-19-7-10-5-11(14)4-3-9(10)6-15/h3-5,12H,2,7-8,16H2,1H3. The van der Waals surface area contributed by atoms with E-state index in [4.69, 9.17) is 15.7 Å². The molecule has 0 spiro atoms. The van der Waals surface area contributed by atoms with Crippen molar-refractivity contribution in [2.24, 2.45) is 5.73 Å². The molecule has 1 aromatic carbocycles. The van der Waals surface area contributed by atoms with Crippen molar-refractivity contribution in [3.63, 3.8) is 0 Å². The Balaban J connectivity index is 2.52. The fourth-order valence-corrected chi connectivity index (χ4v) is 2.37. The van der Waals surface area contributed by atoms with Crippen LogP contribution in [0.4, 0.5) is 4.39 Å². The van der Waals surface area contributed by atoms with Gasteiger partial charge < -0.3 is 10.5 Å². The summed E-state index contributed by atoms with van der Waals surface area (Å²) in [5.41, 5.74) is 6.66. The van der Waals surface area contributed by atoms with Gasteiger partial charge in [-0.25, -0.2) is 4.39 Å². The molecule has 0 heterocycles. The molecule has 0 aromatic heterocycles. The minimum atomic E-state index is -0.705. The Morgan fingerprint density at radius 1 is 1.63 bits per heavy atom. The van der Waals surface area contributed by atoms with E-state index in [1.54, 1.807) is 6.92 Å². The van der Waals surface area contributed by atoms with Crippen LogP contribution in [0.25, 0.3) is 0 Å². The van der Waals surface area contributed by atoms with Crippen LogP contribution in [0.2, 0.25) is 0 Å². The highest BCUT2D eigenvalue weighted by molar-refractivity contribution is 7.98. The van der Waals surface area contributed by atoms with Crippen LogP contribution in [0, 0.1) is 17.1 Å². The van der Waals surface area contributed by atoms with Gasteiger partial charge in [-0.1, -0.05) is 0 Å². The molecule has 0 amide bonds. The second-order valence-corrected chi connectivity index (χ2v) is 4.82. The van der Waals surface area contributed by atoms with E-state index in [0.717, 1.165) is 0 Å². The molecule has 4 nitrogen and oxygen atoms in total. The average molecular weight is 282 g/mol. The average Bonchev–Trinajstić information content (AvgIpc) is 2.39. The number of rotatable bonds is 6. The zero-order chi connectivity index (χ0) is 14.3. The Morgan fingerprint density at radius 2 is 2.37 bits per heavy atom. The number of nitrogens with two attached hydrogens (primary N) is 1. The van der Waals surface area contributed by atoms with E-state index < -0.39 is 12.0 Å². The summed E-state index contributed by atoms with van der Waals surface area (Å²) < 4.78 is 17.9. The van der Waals surface area contributed by atoms with Crippen molar-refractivity contribution in [3.8, 4) is 6.07 Å². The van der Waals surface area contributed by atoms with Crippen LogP contribution >= 0.6 is 11.8 Å². The molecule has 0 saturated heterocycles. The molecule has 6 heteroatoms. The molecule has 1 aromatic rings. The first-order chi connectivity index (χ1) is 9.08. The van der Waals surface area contributed by atoms with Crippen molar-refractivity contribution in [3.05, 3.63) is 35.1 Å². The lowest BCUT2D eigenvalue weighted by Crippen LogP contribution is -2.34. The highest BCUT2D eigenvalue weighted by Gasteiger charge is 2.14. The predicted molar refractivity (Wildman–Crippen MR) is 71.9 cm³/mol. The summed E-state index contributed by atoms with van der Waals surface area (Å²) in [6, 6.07) is 5.31. The Morgan fingerprint density at radius 3 is 3.00 bits per heavy atom. The Bertz CT molecular complexity index is 488. The second-order valence-electron chi connectivity index (χ2n) is 3.79. The van der Waals surface area contributed by atoms with Crippen molar-refractivity contribution in [2.75, 3.05) is 12.4 Å². The monoisotopic (exact) mass is 282 g/mol.